The third-order valence-electron chi connectivity index (χ3n) is 2.10. The van der Waals surface area contributed by atoms with Crippen molar-refractivity contribution in [3.8, 4) is 0 Å². The molecule has 0 amide bonds. The molecule has 96 valence electrons. The summed E-state index contributed by atoms with van der Waals surface area (Å²) in [6.07, 6.45) is 1.39. The van der Waals surface area contributed by atoms with Gasteiger partial charge in [-0.25, -0.2) is 17.9 Å². The van der Waals surface area contributed by atoms with Crippen LogP contribution in [-0.4, -0.2) is 53.0 Å². The Bertz CT molecular complexity index is 508. The second-order valence-corrected chi connectivity index (χ2v) is 5.84. The molecule has 3 N–H and O–H groups in total. The Morgan fingerprint density at radius 1 is 1.53 bits per heavy atom. The van der Waals surface area contributed by atoms with Crippen LogP contribution in [0.1, 0.15) is 16.2 Å². The molecule has 1 rings (SSSR count). The van der Waals surface area contributed by atoms with Crippen molar-refractivity contribution in [2.45, 2.75) is 13.0 Å². The zero-order valence-electron chi connectivity index (χ0n) is 9.33. The van der Waals surface area contributed by atoms with Crippen molar-refractivity contribution in [3.63, 3.8) is 0 Å². The van der Waals surface area contributed by atoms with E-state index in [4.69, 9.17) is 10.8 Å². The molecule has 0 fully saturated rings. The summed E-state index contributed by atoms with van der Waals surface area (Å²) in [5, 5.41) is 16.0. The Kier molecular flexibility index (Phi) is 4.18. The number of carboxylic acid groups (broad SMARTS) is 1. The van der Waals surface area contributed by atoms with Crippen LogP contribution in [0, 0.1) is 0 Å². The quantitative estimate of drug-likeness (QED) is 0.639. The van der Waals surface area contributed by atoms with Gasteiger partial charge in [0.2, 0.25) is 0 Å². The number of carboxylic acids is 1. The number of aromatic nitrogens is 3. The summed E-state index contributed by atoms with van der Waals surface area (Å²) in [6.45, 7) is 0.320. The number of hydrogen-bond acceptors (Lipinski definition) is 6. The van der Waals surface area contributed by atoms with Crippen molar-refractivity contribution in [1.82, 2.24) is 15.0 Å². The van der Waals surface area contributed by atoms with Crippen LogP contribution in [0.15, 0.2) is 0 Å². The third kappa shape index (κ3) is 3.79. The van der Waals surface area contributed by atoms with Gasteiger partial charge in [-0.15, -0.1) is 5.10 Å². The molecule has 0 spiro atoms. The fraction of sp³-hybridized carbons (Fsp3) is 0.625. The van der Waals surface area contributed by atoms with Crippen molar-refractivity contribution in [2.75, 3.05) is 18.6 Å². The summed E-state index contributed by atoms with van der Waals surface area (Å²) >= 11 is 0. The summed E-state index contributed by atoms with van der Waals surface area (Å²) in [5.74, 6) is -1.31. The average Bonchev–Trinajstić information content (AvgIpc) is 2.58. The molecule has 0 saturated heterocycles. The van der Waals surface area contributed by atoms with Crippen LogP contribution in [0.25, 0.3) is 0 Å². The van der Waals surface area contributed by atoms with Crippen LogP contribution in [0.2, 0.25) is 0 Å². The van der Waals surface area contributed by atoms with E-state index in [1.165, 1.54) is 4.68 Å². The molecule has 0 atom stereocenters. The second-order valence-electron chi connectivity index (χ2n) is 3.58. The normalized spacial score (nSPS) is 11.6. The van der Waals surface area contributed by atoms with Gasteiger partial charge in [0.25, 0.3) is 0 Å². The van der Waals surface area contributed by atoms with Crippen LogP contribution in [0.4, 0.5) is 0 Å². The van der Waals surface area contributed by atoms with Crippen LogP contribution < -0.4 is 5.73 Å². The number of carbonyl (C=O) groups is 1. The molecule has 1 aromatic heterocycles. The summed E-state index contributed by atoms with van der Waals surface area (Å²) in [6, 6.07) is 0. The molecule has 0 bridgehead atoms. The van der Waals surface area contributed by atoms with Crippen LogP contribution in [0.5, 0.6) is 0 Å². The van der Waals surface area contributed by atoms with E-state index in [1.807, 2.05) is 0 Å². The lowest BCUT2D eigenvalue weighted by Gasteiger charge is -2.04. The van der Waals surface area contributed by atoms with Gasteiger partial charge in [0.15, 0.2) is 5.69 Å². The first-order valence-corrected chi connectivity index (χ1v) is 6.94. The lowest BCUT2D eigenvalue weighted by Crippen LogP contribution is -2.17. The Morgan fingerprint density at radius 3 is 2.65 bits per heavy atom. The highest BCUT2D eigenvalue weighted by atomic mass is 32.2. The zero-order chi connectivity index (χ0) is 13.1. The molecule has 0 aromatic carbocycles. The third-order valence-corrected chi connectivity index (χ3v) is 3.02. The zero-order valence-corrected chi connectivity index (χ0v) is 10.1. The van der Waals surface area contributed by atoms with E-state index >= 15 is 0 Å². The van der Waals surface area contributed by atoms with E-state index in [0.717, 1.165) is 6.26 Å². The summed E-state index contributed by atoms with van der Waals surface area (Å²) in [5.41, 5.74) is 5.53. The SMILES string of the molecule is CS(=O)(=O)CCn1nnc(C(=O)O)c1CCN. The molecule has 9 heteroatoms. The molecular weight excluding hydrogens is 248 g/mol. The van der Waals surface area contributed by atoms with E-state index in [-0.39, 0.29) is 24.5 Å². The topological polar surface area (TPSA) is 128 Å². The lowest BCUT2D eigenvalue weighted by molar-refractivity contribution is 0.0689. The van der Waals surface area contributed by atoms with E-state index in [1.54, 1.807) is 0 Å². The lowest BCUT2D eigenvalue weighted by atomic mass is 10.2. The molecule has 0 unspecified atom stereocenters. The van der Waals surface area contributed by atoms with Gasteiger partial charge in [0.1, 0.15) is 9.84 Å². The van der Waals surface area contributed by atoms with Crippen LogP contribution in [-0.2, 0) is 22.8 Å². The van der Waals surface area contributed by atoms with Gasteiger partial charge in [-0.3, -0.25) is 0 Å². The van der Waals surface area contributed by atoms with Gasteiger partial charge in [-0.05, 0) is 6.54 Å². The number of aryl methyl sites for hydroxylation is 1. The minimum absolute atomic E-state index is 0.0778. The van der Waals surface area contributed by atoms with Crippen molar-refractivity contribution >= 4 is 15.8 Å². The highest BCUT2D eigenvalue weighted by molar-refractivity contribution is 7.90. The molecule has 1 heterocycles. The molecule has 8 nitrogen and oxygen atoms in total. The molecule has 0 aliphatic carbocycles. The highest BCUT2D eigenvalue weighted by Crippen LogP contribution is 2.06. The number of sulfone groups is 1. The van der Waals surface area contributed by atoms with E-state index < -0.39 is 15.8 Å². The number of rotatable bonds is 6. The minimum Gasteiger partial charge on any atom is -0.476 e. The molecule has 17 heavy (non-hydrogen) atoms. The number of aromatic carboxylic acids is 1. The van der Waals surface area contributed by atoms with Crippen molar-refractivity contribution in [1.29, 1.82) is 0 Å². The number of nitrogens with two attached hydrogens (primary N) is 1. The van der Waals surface area contributed by atoms with Gasteiger partial charge in [-0.1, -0.05) is 5.21 Å². The number of nitrogens with zero attached hydrogens (tertiary/aromatic N) is 3. The van der Waals surface area contributed by atoms with Crippen molar-refractivity contribution in [3.05, 3.63) is 11.4 Å². The smallest absolute Gasteiger partial charge is 0.358 e. The molecule has 0 aliphatic rings. The second kappa shape index (κ2) is 5.23. The monoisotopic (exact) mass is 262 g/mol. The molecular formula is C8H14N4O4S. The Labute approximate surface area is 98.3 Å². The minimum atomic E-state index is -3.13. The maximum atomic E-state index is 11.0. The van der Waals surface area contributed by atoms with E-state index in [0.29, 0.717) is 12.1 Å². The van der Waals surface area contributed by atoms with Crippen LogP contribution in [0.3, 0.4) is 0 Å². The van der Waals surface area contributed by atoms with Crippen LogP contribution >= 0.6 is 0 Å². The fourth-order valence-corrected chi connectivity index (χ4v) is 1.82. The average molecular weight is 262 g/mol. The predicted octanol–water partition coefficient (Wildman–Crippen LogP) is -1.48. The molecule has 0 saturated carbocycles. The van der Waals surface area contributed by atoms with E-state index in [9.17, 15) is 13.2 Å². The maximum Gasteiger partial charge on any atom is 0.358 e. The molecule has 0 aliphatic heterocycles. The van der Waals surface area contributed by atoms with Gasteiger partial charge in [0, 0.05) is 12.7 Å². The largest absolute Gasteiger partial charge is 0.476 e. The molecule has 0 radical (unpaired) electrons. The first kappa shape index (κ1) is 13.6. The molecule has 1 aromatic rings. The first-order valence-electron chi connectivity index (χ1n) is 4.88. The highest BCUT2D eigenvalue weighted by Gasteiger charge is 2.18. The predicted molar refractivity (Wildman–Crippen MR) is 59.5 cm³/mol. The Balaban J connectivity index is 2.95. The van der Waals surface area contributed by atoms with E-state index in [2.05, 4.69) is 10.3 Å². The van der Waals surface area contributed by atoms with Gasteiger partial charge in [-0.2, -0.15) is 0 Å². The maximum absolute atomic E-state index is 11.0. The fourth-order valence-electron chi connectivity index (χ4n) is 1.32. The standard InChI is InChI=1S/C8H14N4O4S/c1-17(15,16)5-4-12-6(2-3-9)7(8(13)14)10-11-12/h2-5,9H2,1H3,(H,13,14). The summed E-state index contributed by atoms with van der Waals surface area (Å²) in [4.78, 5) is 10.8. The van der Waals surface area contributed by atoms with Crippen molar-refractivity contribution < 1.29 is 18.3 Å². The van der Waals surface area contributed by atoms with Crippen molar-refractivity contribution in [2.24, 2.45) is 5.73 Å². The summed E-state index contributed by atoms with van der Waals surface area (Å²) in [7, 11) is -3.13. The first-order chi connectivity index (χ1) is 7.85. The Hall–Kier alpha value is -1.48. The van der Waals surface area contributed by atoms with Gasteiger partial charge < -0.3 is 10.8 Å². The Morgan fingerprint density at radius 2 is 2.18 bits per heavy atom. The van der Waals surface area contributed by atoms with Gasteiger partial charge in [0.05, 0.1) is 18.0 Å². The number of hydrogen-bond donors (Lipinski definition) is 2. The van der Waals surface area contributed by atoms with Gasteiger partial charge >= 0.3 is 5.97 Å². The summed E-state index contributed by atoms with van der Waals surface area (Å²) < 4.78 is 23.3.